The molecule has 0 aromatic heterocycles. The van der Waals surface area contributed by atoms with Crippen molar-refractivity contribution in [3.63, 3.8) is 0 Å². The lowest BCUT2D eigenvalue weighted by Gasteiger charge is -2.43. The zero-order valence-corrected chi connectivity index (χ0v) is 12.1. The van der Waals surface area contributed by atoms with E-state index in [1.54, 1.807) is 6.92 Å². The zero-order chi connectivity index (χ0) is 14.0. The lowest BCUT2D eigenvalue weighted by Crippen LogP contribution is -2.54. The van der Waals surface area contributed by atoms with Crippen molar-refractivity contribution in [2.75, 3.05) is 0 Å². The third kappa shape index (κ3) is 0.926. The quantitative estimate of drug-likeness (QED) is 0.655. The first-order valence-electron chi connectivity index (χ1n) is 7.31. The molecule has 0 bridgehead atoms. The molecule has 2 N–H and O–H groups in total. The van der Waals surface area contributed by atoms with Crippen LogP contribution in [0.3, 0.4) is 0 Å². The van der Waals surface area contributed by atoms with Crippen LogP contribution in [0, 0.1) is 22.2 Å². The van der Waals surface area contributed by atoms with Crippen LogP contribution in [0.1, 0.15) is 47.0 Å². The minimum absolute atomic E-state index is 0.0206. The average Bonchev–Trinajstić information content (AvgIpc) is 3.18. The highest BCUT2D eigenvalue weighted by molar-refractivity contribution is 6.02. The largest absolute Gasteiger partial charge is 0.388 e. The van der Waals surface area contributed by atoms with Crippen molar-refractivity contribution in [3.05, 3.63) is 11.1 Å². The highest BCUT2D eigenvalue weighted by atomic mass is 16.3. The van der Waals surface area contributed by atoms with Crippen LogP contribution in [0.4, 0.5) is 0 Å². The molecule has 19 heavy (non-hydrogen) atoms. The summed E-state index contributed by atoms with van der Waals surface area (Å²) in [5, 5.41) is 21.5. The molecule has 0 aromatic carbocycles. The summed E-state index contributed by atoms with van der Waals surface area (Å²) in [6.45, 7) is 7.84. The van der Waals surface area contributed by atoms with Gasteiger partial charge in [0.25, 0.3) is 0 Å². The summed E-state index contributed by atoms with van der Waals surface area (Å²) < 4.78 is 0. The zero-order valence-electron chi connectivity index (χ0n) is 12.1. The van der Waals surface area contributed by atoms with Crippen LogP contribution in [0.5, 0.6) is 0 Å². The van der Waals surface area contributed by atoms with Crippen LogP contribution in [0.2, 0.25) is 0 Å². The van der Waals surface area contributed by atoms with E-state index in [4.69, 9.17) is 0 Å². The highest BCUT2D eigenvalue weighted by Crippen LogP contribution is 2.80. The van der Waals surface area contributed by atoms with E-state index in [-0.39, 0.29) is 22.5 Å². The summed E-state index contributed by atoms with van der Waals surface area (Å²) in [7, 11) is 0. The van der Waals surface area contributed by atoms with Crippen molar-refractivity contribution >= 4 is 5.78 Å². The fourth-order valence-corrected chi connectivity index (χ4v) is 5.44. The molecule has 104 valence electrons. The number of Topliss-reactive ketones (excluding diaryl/α,β-unsaturated/α-hetero) is 1. The van der Waals surface area contributed by atoms with E-state index in [1.807, 2.05) is 6.92 Å². The van der Waals surface area contributed by atoms with Gasteiger partial charge in [-0.05, 0) is 50.0 Å². The molecule has 2 spiro atoms. The molecule has 4 aliphatic carbocycles. The molecule has 4 aliphatic rings. The van der Waals surface area contributed by atoms with Gasteiger partial charge in [-0.25, -0.2) is 0 Å². The van der Waals surface area contributed by atoms with E-state index in [0.717, 1.165) is 30.4 Å². The molecular formula is C16H22O3. The maximum absolute atomic E-state index is 12.9. The summed E-state index contributed by atoms with van der Waals surface area (Å²) in [5.74, 6) is 0.183. The van der Waals surface area contributed by atoms with Gasteiger partial charge in [0, 0.05) is 5.41 Å². The second-order valence-electron chi connectivity index (χ2n) is 7.97. The van der Waals surface area contributed by atoms with Crippen molar-refractivity contribution in [1.29, 1.82) is 0 Å². The summed E-state index contributed by atoms with van der Waals surface area (Å²) in [4.78, 5) is 12.9. The maximum atomic E-state index is 12.9. The van der Waals surface area contributed by atoms with Crippen LogP contribution in [0.25, 0.3) is 0 Å². The van der Waals surface area contributed by atoms with Gasteiger partial charge < -0.3 is 10.2 Å². The summed E-state index contributed by atoms with van der Waals surface area (Å²) in [6, 6.07) is 0. The summed E-state index contributed by atoms with van der Waals surface area (Å²) in [5.41, 5.74) is -0.323. The smallest absolute Gasteiger partial charge is 0.175 e. The van der Waals surface area contributed by atoms with Crippen molar-refractivity contribution < 1.29 is 15.0 Å². The monoisotopic (exact) mass is 262 g/mol. The Morgan fingerprint density at radius 3 is 2.32 bits per heavy atom. The van der Waals surface area contributed by atoms with Crippen LogP contribution < -0.4 is 0 Å². The number of aliphatic hydroxyl groups excluding tert-OH is 1. The van der Waals surface area contributed by atoms with Gasteiger partial charge in [0.15, 0.2) is 5.78 Å². The number of carbonyl (C=O) groups is 1. The van der Waals surface area contributed by atoms with Crippen molar-refractivity contribution in [1.82, 2.24) is 0 Å². The molecule has 4 atom stereocenters. The van der Waals surface area contributed by atoms with Gasteiger partial charge in [0.05, 0.1) is 11.5 Å². The van der Waals surface area contributed by atoms with Crippen molar-refractivity contribution in [2.24, 2.45) is 22.2 Å². The Morgan fingerprint density at radius 1 is 1.21 bits per heavy atom. The average molecular weight is 262 g/mol. The number of hydrogen-bond acceptors (Lipinski definition) is 3. The molecule has 0 heterocycles. The topological polar surface area (TPSA) is 57.5 Å². The Bertz CT molecular complexity index is 550. The van der Waals surface area contributed by atoms with E-state index >= 15 is 0 Å². The fraction of sp³-hybridized carbons (Fsp3) is 0.812. The third-order valence-electron chi connectivity index (χ3n) is 6.97. The Morgan fingerprint density at radius 2 is 1.79 bits per heavy atom. The summed E-state index contributed by atoms with van der Waals surface area (Å²) in [6.07, 6.45) is 2.03. The number of ketones is 1. The van der Waals surface area contributed by atoms with Crippen LogP contribution >= 0.6 is 0 Å². The van der Waals surface area contributed by atoms with Crippen LogP contribution in [-0.4, -0.2) is 27.7 Å². The second-order valence-corrected chi connectivity index (χ2v) is 7.97. The van der Waals surface area contributed by atoms with E-state index in [0.29, 0.717) is 0 Å². The molecule has 0 aromatic rings. The molecule has 3 fully saturated rings. The molecule has 0 radical (unpaired) electrons. The minimum atomic E-state index is -1.24. The van der Waals surface area contributed by atoms with E-state index in [9.17, 15) is 15.0 Å². The molecule has 0 saturated heterocycles. The molecule has 4 rings (SSSR count). The molecule has 0 aliphatic heterocycles. The lowest BCUT2D eigenvalue weighted by atomic mass is 9.63. The Labute approximate surface area is 113 Å². The number of carbonyl (C=O) groups excluding carboxylic acids is 1. The number of hydrogen-bond donors (Lipinski definition) is 2. The highest BCUT2D eigenvalue weighted by Gasteiger charge is 2.82. The van der Waals surface area contributed by atoms with Crippen molar-refractivity contribution in [2.45, 2.75) is 58.7 Å². The van der Waals surface area contributed by atoms with Crippen molar-refractivity contribution in [3.8, 4) is 0 Å². The van der Waals surface area contributed by atoms with Gasteiger partial charge in [-0.2, -0.15) is 0 Å². The Hall–Kier alpha value is -0.670. The lowest BCUT2D eigenvalue weighted by molar-refractivity contribution is -0.148. The Kier molecular flexibility index (Phi) is 1.72. The van der Waals surface area contributed by atoms with Crippen LogP contribution in [0.15, 0.2) is 11.1 Å². The van der Waals surface area contributed by atoms with Crippen LogP contribution in [-0.2, 0) is 4.79 Å². The van der Waals surface area contributed by atoms with Gasteiger partial charge in [0.2, 0.25) is 0 Å². The van der Waals surface area contributed by atoms with Gasteiger partial charge >= 0.3 is 0 Å². The fourth-order valence-electron chi connectivity index (χ4n) is 5.44. The molecule has 1 unspecified atom stereocenters. The van der Waals surface area contributed by atoms with E-state index in [1.165, 1.54) is 0 Å². The molecule has 3 nitrogen and oxygen atoms in total. The third-order valence-corrected chi connectivity index (χ3v) is 6.97. The first-order valence-corrected chi connectivity index (χ1v) is 7.31. The molecule has 3 saturated carbocycles. The number of rotatable bonds is 0. The maximum Gasteiger partial charge on any atom is 0.175 e. The normalized spacial score (nSPS) is 52.2. The van der Waals surface area contributed by atoms with Gasteiger partial charge in [0.1, 0.15) is 5.60 Å². The van der Waals surface area contributed by atoms with E-state index < -0.39 is 17.1 Å². The van der Waals surface area contributed by atoms with E-state index in [2.05, 4.69) is 13.8 Å². The van der Waals surface area contributed by atoms with Gasteiger partial charge in [-0.3, -0.25) is 4.79 Å². The second kappa shape index (κ2) is 2.71. The first kappa shape index (κ1) is 12.1. The molecule has 0 amide bonds. The molecule has 3 heteroatoms. The predicted molar refractivity (Wildman–Crippen MR) is 70.3 cm³/mol. The minimum Gasteiger partial charge on any atom is -0.388 e. The summed E-state index contributed by atoms with van der Waals surface area (Å²) >= 11 is 0. The molecular weight excluding hydrogens is 240 g/mol. The standard InChI is InChI=1S/C16H22O3/c1-8-10-11(17)13(2,3)9-7-16(9,10)12(18)14(4,19)15(8)5-6-15/h9,11,17,19H,5-7H2,1-4H3/t9-,11-,14?,16+/m1/s1. The van der Waals surface area contributed by atoms with Gasteiger partial charge in [-0.1, -0.05) is 19.4 Å². The predicted octanol–water partition coefficient (Wildman–Crippen LogP) is 1.82. The SMILES string of the molecule is CC1=C2[C@@H](O)C(C)(C)[C@H]3C[C@@]23C(=O)C(C)(O)C12CC2. The number of aliphatic hydroxyl groups is 2. The first-order chi connectivity index (χ1) is 8.64. The van der Waals surface area contributed by atoms with Gasteiger partial charge in [-0.15, -0.1) is 0 Å². The Balaban J connectivity index is 2.01.